The van der Waals surface area contributed by atoms with Gasteiger partial charge in [-0.2, -0.15) is 11.8 Å². The van der Waals surface area contributed by atoms with E-state index in [0.717, 1.165) is 5.75 Å². The summed E-state index contributed by atoms with van der Waals surface area (Å²) in [6.07, 6.45) is 3.09. The number of sulfonamides is 1. The molecule has 0 fully saturated rings. The SMILES string of the molecule is CCCS(=O)(=O)Nc1cccc(NC(=O)[C@@H](N)CCSC)c1. The van der Waals surface area contributed by atoms with Crippen molar-refractivity contribution in [3.8, 4) is 0 Å². The Morgan fingerprint density at radius 3 is 2.68 bits per heavy atom. The van der Waals surface area contributed by atoms with Crippen molar-refractivity contribution in [1.29, 1.82) is 0 Å². The molecule has 22 heavy (non-hydrogen) atoms. The second kappa shape index (κ2) is 9.02. The highest BCUT2D eigenvalue weighted by molar-refractivity contribution is 7.98. The third-order valence-corrected chi connectivity index (χ3v) is 4.98. The second-order valence-corrected chi connectivity index (χ2v) is 7.71. The van der Waals surface area contributed by atoms with Gasteiger partial charge in [-0.15, -0.1) is 0 Å². The standard InChI is InChI=1S/C14H23N3O3S2/c1-3-9-22(19,20)17-12-6-4-5-11(10-12)16-14(18)13(15)7-8-21-2/h4-6,10,13,17H,3,7-9,15H2,1-2H3,(H,16,18)/t13-/m0/s1. The maximum atomic E-state index is 11.9. The number of carbonyl (C=O) groups excluding carboxylic acids is 1. The highest BCUT2D eigenvalue weighted by atomic mass is 32.2. The van der Waals surface area contributed by atoms with E-state index in [1.807, 2.05) is 6.26 Å². The molecule has 0 heterocycles. The van der Waals surface area contributed by atoms with Gasteiger partial charge in [-0.05, 0) is 43.0 Å². The number of hydrogen-bond acceptors (Lipinski definition) is 5. The molecule has 1 amide bonds. The van der Waals surface area contributed by atoms with E-state index in [0.29, 0.717) is 24.2 Å². The lowest BCUT2D eigenvalue weighted by Crippen LogP contribution is -2.36. The Morgan fingerprint density at radius 1 is 1.36 bits per heavy atom. The van der Waals surface area contributed by atoms with E-state index in [1.165, 1.54) is 0 Å². The van der Waals surface area contributed by atoms with Gasteiger partial charge in [0, 0.05) is 5.69 Å². The van der Waals surface area contributed by atoms with Crippen LogP contribution in [0.1, 0.15) is 19.8 Å². The smallest absolute Gasteiger partial charge is 0.241 e. The average Bonchev–Trinajstić information content (AvgIpc) is 2.44. The Labute approximate surface area is 136 Å². The van der Waals surface area contributed by atoms with Crippen molar-refractivity contribution in [1.82, 2.24) is 0 Å². The van der Waals surface area contributed by atoms with Crippen LogP contribution >= 0.6 is 11.8 Å². The number of thioether (sulfide) groups is 1. The fourth-order valence-corrected chi connectivity index (χ4v) is 3.39. The lowest BCUT2D eigenvalue weighted by Gasteiger charge is -2.13. The van der Waals surface area contributed by atoms with Gasteiger partial charge in [0.2, 0.25) is 15.9 Å². The van der Waals surface area contributed by atoms with Gasteiger partial charge < -0.3 is 11.1 Å². The van der Waals surface area contributed by atoms with Crippen LogP contribution in [0.15, 0.2) is 24.3 Å². The number of nitrogens with one attached hydrogen (secondary N) is 2. The van der Waals surface area contributed by atoms with Crippen LogP contribution in [-0.2, 0) is 14.8 Å². The maximum Gasteiger partial charge on any atom is 0.241 e. The quantitative estimate of drug-likeness (QED) is 0.634. The molecule has 124 valence electrons. The van der Waals surface area contributed by atoms with Crippen LogP contribution in [0.5, 0.6) is 0 Å². The zero-order valence-corrected chi connectivity index (χ0v) is 14.5. The minimum atomic E-state index is -3.35. The molecule has 0 aliphatic rings. The molecule has 0 aliphatic heterocycles. The van der Waals surface area contributed by atoms with Crippen molar-refractivity contribution in [3.05, 3.63) is 24.3 Å². The van der Waals surface area contributed by atoms with Crippen LogP contribution in [0.25, 0.3) is 0 Å². The summed E-state index contributed by atoms with van der Waals surface area (Å²) in [6.45, 7) is 1.80. The zero-order chi connectivity index (χ0) is 16.6. The van der Waals surface area contributed by atoms with Gasteiger partial charge in [-0.3, -0.25) is 9.52 Å². The number of benzene rings is 1. The Kier molecular flexibility index (Phi) is 7.70. The molecule has 0 unspecified atom stereocenters. The molecular formula is C14H23N3O3S2. The first-order valence-electron chi connectivity index (χ1n) is 7.04. The first-order chi connectivity index (χ1) is 10.4. The molecule has 0 radical (unpaired) electrons. The second-order valence-electron chi connectivity index (χ2n) is 4.88. The van der Waals surface area contributed by atoms with Gasteiger partial charge in [-0.25, -0.2) is 8.42 Å². The van der Waals surface area contributed by atoms with Crippen LogP contribution in [0.3, 0.4) is 0 Å². The van der Waals surface area contributed by atoms with E-state index in [9.17, 15) is 13.2 Å². The molecule has 0 spiro atoms. The summed E-state index contributed by atoms with van der Waals surface area (Å²) in [4.78, 5) is 11.9. The number of anilines is 2. The van der Waals surface area contributed by atoms with Crippen molar-refractivity contribution in [2.24, 2.45) is 5.73 Å². The molecule has 1 atom stereocenters. The molecule has 0 bridgehead atoms. The highest BCUT2D eigenvalue weighted by Crippen LogP contribution is 2.17. The Bertz CT molecular complexity index is 591. The normalized spacial score (nSPS) is 12.7. The van der Waals surface area contributed by atoms with E-state index in [4.69, 9.17) is 5.73 Å². The molecule has 4 N–H and O–H groups in total. The molecule has 1 aromatic carbocycles. The van der Waals surface area contributed by atoms with E-state index in [2.05, 4.69) is 10.0 Å². The van der Waals surface area contributed by atoms with E-state index >= 15 is 0 Å². The van der Waals surface area contributed by atoms with Gasteiger partial charge in [0.15, 0.2) is 0 Å². The monoisotopic (exact) mass is 345 g/mol. The Balaban J connectivity index is 2.70. The maximum absolute atomic E-state index is 11.9. The van der Waals surface area contributed by atoms with Crippen molar-refractivity contribution < 1.29 is 13.2 Å². The topological polar surface area (TPSA) is 101 Å². The Hall–Kier alpha value is -1.25. The fraction of sp³-hybridized carbons (Fsp3) is 0.500. The minimum absolute atomic E-state index is 0.0587. The number of nitrogens with two attached hydrogens (primary N) is 1. The number of hydrogen-bond donors (Lipinski definition) is 3. The van der Waals surface area contributed by atoms with Crippen molar-refractivity contribution >= 4 is 39.1 Å². The van der Waals surface area contributed by atoms with Crippen LogP contribution in [0.4, 0.5) is 11.4 Å². The third-order valence-electron chi connectivity index (χ3n) is 2.85. The van der Waals surface area contributed by atoms with E-state index in [1.54, 1.807) is 43.0 Å². The lowest BCUT2D eigenvalue weighted by molar-refractivity contribution is -0.117. The summed E-state index contributed by atoms with van der Waals surface area (Å²) in [5.74, 6) is 0.594. The number of amides is 1. The number of carbonyl (C=O) groups is 1. The van der Waals surface area contributed by atoms with Crippen molar-refractivity contribution in [2.45, 2.75) is 25.8 Å². The van der Waals surface area contributed by atoms with Crippen LogP contribution in [0.2, 0.25) is 0 Å². The molecule has 8 heteroatoms. The molecule has 0 saturated heterocycles. The van der Waals surface area contributed by atoms with Gasteiger partial charge in [0.1, 0.15) is 0 Å². The van der Waals surface area contributed by atoms with E-state index in [-0.39, 0.29) is 11.7 Å². The molecule has 1 rings (SSSR count). The minimum Gasteiger partial charge on any atom is -0.325 e. The van der Waals surface area contributed by atoms with Crippen LogP contribution in [-0.4, -0.2) is 38.1 Å². The molecule has 0 aromatic heterocycles. The third kappa shape index (κ3) is 6.67. The predicted molar refractivity (Wildman–Crippen MR) is 93.7 cm³/mol. The molecule has 1 aromatic rings. The largest absolute Gasteiger partial charge is 0.325 e. The van der Waals surface area contributed by atoms with Crippen LogP contribution in [0, 0.1) is 0 Å². The summed E-state index contributed by atoms with van der Waals surface area (Å²) in [5.41, 5.74) is 6.73. The summed E-state index contributed by atoms with van der Waals surface area (Å²) in [7, 11) is -3.35. The fourth-order valence-electron chi connectivity index (χ4n) is 1.77. The highest BCUT2D eigenvalue weighted by Gasteiger charge is 2.14. The predicted octanol–water partition coefficient (Wildman–Crippen LogP) is 1.86. The molecule has 0 aliphatic carbocycles. The summed E-state index contributed by atoms with van der Waals surface area (Å²) in [5, 5.41) is 2.70. The molecule has 6 nitrogen and oxygen atoms in total. The van der Waals surface area contributed by atoms with Crippen molar-refractivity contribution in [3.63, 3.8) is 0 Å². The van der Waals surface area contributed by atoms with Gasteiger partial charge in [0.25, 0.3) is 0 Å². The lowest BCUT2D eigenvalue weighted by atomic mass is 10.2. The summed E-state index contributed by atoms with van der Waals surface area (Å²) in [6, 6.07) is 6.00. The van der Waals surface area contributed by atoms with Gasteiger partial charge >= 0.3 is 0 Å². The average molecular weight is 345 g/mol. The van der Waals surface area contributed by atoms with E-state index < -0.39 is 16.1 Å². The number of rotatable bonds is 9. The van der Waals surface area contributed by atoms with Crippen LogP contribution < -0.4 is 15.8 Å². The van der Waals surface area contributed by atoms with Crippen molar-refractivity contribution in [2.75, 3.05) is 27.8 Å². The molecule has 0 saturated carbocycles. The Morgan fingerprint density at radius 2 is 2.05 bits per heavy atom. The van der Waals surface area contributed by atoms with Gasteiger partial charge in [-0.1, -0.05) is 13.0 Å². The molecular weight excluding hydrogens is 322 g/mol. The van der Waals surface area contributed by atoms with Gasteiger partial charge in [0.05, 0.1) is 17.5 Å². The first kappa shape index (κ1) is 18.8. The summed E-state index contributed by atoms with van der Waals surface area (Å²) >= 11 is 1.63. The zero-order valence-electron chi connectivity index (χ0n) is 12.8. The summed E-state index contributed by atoms with van der Waals surface area (Å²) < 4.78 is 26.0. The first-order valence-corrected chi connectivity index (χ1v) is 10.1.